The third-order valence-corrected chi connectivity index (χ3v) is 4.46. The zero-order valence-corrected chi connectivity index (χ0v) is 10.5. The van der Waals surface area contributed by atoms with E-state index >= 15 is 0 Å². The molecular formula is C10H21LiS2. The summed E-state index contributed by atoms with van der Waals surface area (Å²) < 4.78 is 0. The molecule has 0 aliphatic carbocycles. The van der Waals surface area contributed by atoms with E-state index < -0.39 is 0 Å². The first-order valence-electron chi connectivity index (χ1n) is 5.15. The van der Waals surface area contributed by atoms with Crippen LogP contribution in [0.2, 0.25) is 0 Å². The van der Waals surface area contributed by atoms with Crippen LogP contribution >= 0.6 is 23.5 Å². The maximum Gasteiger partial charge on any atom is 1.00 e. The van der Waals surface area contributed by atoms with Gasteiger partial charge in [-0.2, -0.15) is 23.5 Å². The van der Waals surface area contributed by atoms with Crippen molar-refractivity contribution in [1.29, 1.82) is 0 Å². The van der Waals surface area contributed by atoms with Gasteiger partial charge < -0.3 is 1.43 Å². The molecule has 0 aromatic heterocycles. The van der Waals surface area contributed by atoms with Gasteiger partial charge in [-0.05, 0) is 48.7 Å². The van der Waals surface area contributed by atoms with Crippen molar-refractivity contribution in [2.45, 2.75) is 38.5 Å². The van der Waals surface area contributed by atoms with Crippen molar-refractivity contribution in [3.63, 3.8) is 0 Å². The van der Waals surface area contributed by atoms with Crippen LogP contribution in [0.1, 0.15) is 40.0 Å². The predicted octanol–water partition coefficient (Wildman–Crippen LogP) is 0.923. The van der Waals surface area contributed by atoms with Crippen molar-refractivity contribution < 1.29 is 20.3 Å². The van der Waals surface area contributed by atoms with E-state index in [0.29, 0.717) is 0 Å². The fraction of sp³-hybridized carbons (Fsp3) is 1.00. The van der Waals surface area contributed by atoms with Crippen molar-refractivity contribution in [3.8, 4) is 0 Å². The fourth-order valence-electron chi connectivity index (χ4n) is 1.37. The molecule has 0 aromatic rings. The van der Waals surface area contributed by atoms with Crippen LogP contribution in [0.25, 0.3) is 0 Å². The summed E-state index contributed by atoms with van der Waals surface area (Å²) in [6, 6.07) is 0. The molecule has 2 fully saturated rings. The molecule has 0 atom stereocenters. The van der Waals surface area contributed by atoms with Gasteiger partial charge in [-0.25, -0.2) is 0 Å². The average Bonchev–Trinajstić information content (AvgIpc) is 2.24. The largest absolute Gasteiger partial charge is 1.00 e. The summed E-state index contributed by atoms with van der Waals surface area (Å²) in [6.45, 7) is 0. The quantitative estimate of drug-likeness (QED) is 0.548. The third kappa shape index (κ3) is 9.60. The van der Waals surface area contributed by atoms with Gasteiger partial charge in [0.1, 0.15) is 0 Å². The molecule has 2 aliphatic rings. The molecule has 2 saturated heterocycles. The summed E-state index contributed by atoms with van der Waals surface area (Å²) in [4.78, 5) is 0. The Balaban J connectivity index is 0. The Hall–Kier alpha value is 1.30. The van der Waals surface area contributed by atoms with Crippen LogP contribution in [0.5, 0.6) is 0 Å². The normalized spacial score (nSPS) is 22.2. The number of rotatable bonds is 0. The fourth-order valence-corrected chi connectivity index (χ4v) is 3.42. The van der Waals surface area contributed by atoms with Gasteiger partial charge in [0.15, 0.2) is 0 Å². The molecule has 2 rings (SSSR count). The van der Waals surface area contributed by atoms with Gasteiger partial charge in [-0.15, -0.1) is 0 Å². The topological polar surface area (TPSA) is 0 Å². The Bertz CT molecular complexity index is 61.1. The predicted molar refractivity (Wildman–Crippen MR) is 63.5 cm³/mol. The minimum absolute atomic E-state index is 0. The Morgan fingerprint density at radius 3 is 0.923 bits per heavy atom. The number of thioether (sulfide) groups is 2. The molecule has 0 amide bonds. The van der Waals surface area contributed by atoms with Gasteiger partial charge >= 0.3 is 18.9 Å². The molecule has 2 heterocycles. The standard InChI is InChI=1S/2C5H10S.Li.H/c2*1-2-4-6-5-3-1;;/h2*1-5H2;;/q;;+1;-1. The second-order valence-electron chi connectivity index (χ2n) is 3.35. The van der Waals surface area contributed by atoms with Gasteiger partial charge in [-0.1, -0.05) is 12.8 Å². The summed E-state index contributed by atoms with van der Waals surface area (Å²) in [7, 11) is 0. The summed E-state index contributed by atoms with van der Waals surface area (Å²) in [5, 5.41) is 0. The number of hydrogen-bond donors (Lipinski definition) is 0. The van der Waals surface area contributed by atoms with Gasteiger partial charge in [0.05, 0.1) is 0 Å². The number of hydrogen-bond acceptors (Lipinski definition) is 2. The van der Waals surface area contributed by atoms with Crippen LogP contribution in [0.15, 0.2) is 0 Å². The van der Waals surface area contributed by atoms with E-state index in [2.05, 4.69) is 23.5 Å². The monoisotopic (exact) mass is 212 g/mol. The zero-order valence-electron chi connectivity index (χ0n) is 9.89. The van der Waals surface area contributed by atoms with Crippen LogP contribution in [-0.2, 0) is 0 Å². The molecule has 13 heavy (non-hydrogen) atoms. The second kappa shape index (κ2) is 11.4. The summed E-state index contributed by atoms with van der Waals surface area (Å²) in [6.07, 6.45) is 8.81. The molecule has 74 valence electrons. The minimum Gasteiger partial charge on any atom is -1.00 e. The molecule has 0 nitrogen and oxygen atoms in total. The van der Waals surface area contributed by atoms with Crippen LogP contribution in [0, 0.1) is 0 Å². The molecule has 0 N–H and O–H groups in total. The SMILES string of the molecule is C1CCSCC1.C1CCSCC1.[H-].[Li+]. The zero-order chi connectivity index (χ0) is 8.49. The summed E-state index contributed by atoms with van der Waals surface area (Å²) in [5.41, 5.74) is 0. The van der Waals surface area contributed by atoms with Gasteiger partial charge in [0.25, 0.3) is 0 Å². The molecule has 2 aliphatic heterocycles. The van der Waals surface area contributed by atoms with E-state index in [1.54, 1.807) is 0 Å². The van der Waals surface area contributed by atoms with Gasteiger partial charge in [-0.3, -0.25) is 0 Å². The van der Waals surface area contributed by atoms with Gasteiger partial charge in [0.2, 0.25) is 0 Å². The van der Waals surface area contributed by atoms with E-state index in [4.69, 9.17) is 0 Å². The summed E-state index contributed by atoms with van der Waals surface area (Å²) >= 11 is 4.19. The molecule has 3 heteroatoms. The van der Waals surface area contributed by atoms with E-state index in [1.807, 2.05) is 0 Å². The minimum atomic E-state index is 0. The molecule has 0 radical (unpaired) electrons. The van der Waals surface area contributed by atoms with Crippen LogP contribution in [0.3, 0.4) is 0 Å². The summed E-state index contributed by atoms with van der Waals surface area (Å²) in [5.74, 6) is 5.67. The van der Waals surface area contributed by atoms with Crippen LogP contribution in [-0.4, -0.2) is 23.0 Å². The molecule has 0 saturated carbocycles. The molecular weight excluding hydrogens is 191 g/mol. The smallest absolute Gasteiger partial charge is 1.00 e. The first-order chi connectivity index (χ1) is 6.00. The average molecular weight is 212 g/mol. The first kappa shape index (κ1) is 14.3. The van der Waals surface area contributed by atoms with E-state index in [9.17, 15) is 0 Å². The Labute approximate surface area is 105 Å². The maximum atomic E-state index is 2.09. The molecule has 0 unspecified atom stereocenters. The van der Waals surface area contributed by atoms with E-state index in [-0.39, 0.29) is 20.3 Å². The van der Waals surface area contributed by atoms with Crippen molar-refractivity contribution in [2.75, 3.05) is 23.0 Å². The second-order valence-corrected chi connectivity index (χ2v) is 5.80. The molecule has 0 aromatic carbocycles. The first-order valence-corrected chi connectivity index (χ1v) is 7.46. The van der Waals surface area contributed by atoms with Crippen molar-refractivity contribution in [1.82, 2.24) is 0 Å². The van der Waals surface area contributed by atoms with Crippen molar-refractivity contribution >= 4 is 23.5 Å². The van der Waals surface area contributed by atoms with Gasteiger partial charge in [0, 0.05) is 0 Å². The Morgan fingerprint density at radius 1 is 0.538 bits per heavy atom. The molecule has 0 spiro atoms. The molecule has 0 bridgehead atoms. The van der Waals surface area contributed by atoms with E-state index in [1.165, 1.54) is 61.5 Å². The van der Waals surface area contributed by atoms with Crippen LogP contribution < -0.4 is 18.9 Å². The Morgan fingerprint density at radius 2 is 0.846 bits per heavy atom. The van der Waals surface area contributed by atoms with Crippen LogP contribution in [0.4, 0.5) is 0 Å². The van der Waals surface area contributed by atoms with Crippen molar-refractivity contribution in [2.24, 2.45) is 0 Å². The van der Waals surface area contributed by atoms with E-state index in [0.717, 1.165) is 0 Å². The Kier molecular flexibility index (Phi) is 12.5. The third-order valence-electron chi connectivity index (χ3n) is 2.15. The van der Waals surface area contributed by atoms with Crippen molar-refractivity contribution in [3.05, 3.63) is 0 Å². The maximum absolute atomic E-state index is 2.09.